The lowest BCUT2D eigenvalue weighted by atomic mass is 9.90. The number of benzene rings is 3. The van der Waals surface area contributed by atoms with Crippen LogP contribution in [0.5, 0.6) is 0 Å². The van der Waals surface area contributed by atoms with Gasteiger partial charge in [-0.05, 0) is 35.5 Å². The van der Waals surface area contributed by atoms with Crippen molar-refractivity contribution < 1.29 is 9.59 Å². The molecule has 146 valence electrons. The van der Waals surface area contributed by atoms with E-state index in [-0.39, 0.29) is 11.0 Å². The van der Waals surface area contributed by atoms with Gasteiger partial charge in [-0.2, -0.15) is 0 Å². The number of halogens is 1. The van der Waals surface area contributed by atoms with E-state index in [2.05, 4.69) is 16.2 Å². The zero-order valence-corrected chi connectivity index (χ0v) is 16.8. The lowest BCUT2D eigenvalue weighted by Gasteiger charge is -2.19. The Bertz CT molecular complexity index is 973. The van der Waals surface area contributed by atoms with Gasteiger partial charge in [-0.15, -0.1) is 0 Å². The molecule has 3 aromatic rings. The van der Waals surface area contributed by atoms with Crippen LogP contribution in [0.4, 0.5) is 0 Å². The molecule has 0 saturated heterocycles. The molecule has 29 heavy (non-hydrogen) atoms. The van der Waals surface area contributed by atoms with Gasteiger partial charge in [0.1, 0.15) is 0 Å². The number of amides is 2. The summed E-state index contributed by atoms with van der Waals surface area (Å²) in [5.41, 5.74) is 6.93. The van der Waals surface area contributed by atoms with Crippen LogP contribution >= 0.6 is 23.8 Å². The summed E-state index contributed by atoms with van der Waals surface area (Å²) < 4.78 is 0. The largest absolute Gasteiger partial charge is 0.301 e. The minimum absolute atomic E-state index is 0.0211. The summed E-state index contributed by atoms with van der Waals surface area (Å²) >= 11 is 11.2. The monoisotopic (exact) mass is 423 g/mol. The molecule has 7 heteroatoms. The topological polar surface area (TPSA) is 70.2 Å². The lowest BCUT2D eigenvalue weighted by Crippen LogP contribution is -2.49. The summed E-state index contributed by atoms with van der Waals surface area (Å²) in [7, 11) is 0. The summed E-state index contributed by atoms with van der Waals surface area (Å²) in [5, 5.41) is 2.93. The third kappa shape index (κ3) is 5.40. The number of carbonyl (C=O) groups is 2. The second kappa shape index (κ2) is 9.82. The molecule has 5 nitrogen and oxygen atoms in total. The third-order valence-corrected chi connectivity index (χ3v) is 4.71. The van der Waals surface area contributed by atoms with Crippen LogP contribution in [-0.2, 0) is 4.79 Å². The van der Waals surface area contributed by atoms with Crippen molar-refractivity contribution in [2.75, 3.05) is 0 Å². The molecule has 0 aliphatic heterocycles. The first-order valence-corrected chi connectivity index (χ1v) is 9.60. The highest BCUT2D eigenvalue weighted by molar-refractivity contribution is 7.80. The van der Waals surface area contributed by atoms with Crippen LogP contribution in [-0.4, -0.2) is 16.9 Å². The van der Waals surface area contributed by atoms with Crippen molar-refractivity contribution in [3.05, 3.63) is 107 Å². The quantitative estimate of drug-likeness (QED) is 0.441. The Balaban J connectivity index is 1.67. The van der Waals surface area contributed by atoms with Crippen molar-refractivity contribution in [2.45, 2.75) is 5.92 Å². The van der Waals surface area contributed by atoms with Gasteiger partial charge in [0.05, 0.1) is 16.5 Å². The average Bonchev–Trinajstić information content (AvgIpc) is 2.74. The van der Waals surface area contributed by atoms with Crippen LogP contribution in [0.1, 0.15) is 27.4 Å². The average molecular weight is 424 g/mol. The number of rotatable bonds is 4. The van der Waals surface area contributed by atoms with Crippen LogP contribution < -0.4 is 16.2 Å². The fourth-order valence-electron chi connectivity index (χ4n) is 2.83. The van der Waals surface area contributed by atoms with Crippen molar-refractivity contribution in [1.82, 2.24) is 16.2 Å². The lowest BCUT2D eigenvalue weighted by molar-refractivity contribution is -0.120. The number of hydrazine groups is 1. The van der Waals surface area contributed by atoms with Crippen molar-refractivity contribution in [3.63, 3.8) is 0 Å². The van der Waals surface area contributed by atoms with Crippen LogP contribution in [0.15, 0.2) is 84.9 Å². The van der Waals surface area contributed by atoms with Crippen molar-refractivity contribution in [3.8, 4) is 0 Å². The van der Waals surface area contributed by atoms with Gasteiger partial charge in [0.25, 0.3) is 5.91 Å². The molecule has 3 aromatic carbocycles. The van der Waals surface area contributed by atoms with Gasteiger partial charge in [0.15, 0.2) is 5.11 Å². The van der Waals surface area contributed by atoms with E-state index in [1.807, 2.05) is 60.7 Å². The molecular formula is C22H18ClN3O2S. The van der Waals surface area contributed by atoms with Gasteiger partial charge in [-0.1, -0.05) is 84.4 Å². The molecular weight excluding hydrogens is 406 g/mol. The zero-order chi connectivity index (χ0) is 20.6. The van der Waals surface area contributed by atoms with Crippen LogP contribution in [0.25, 0.3) is 0 Å². The van der Waals surface area contributed by atoms with E-state index in [4.69, 9.17) is 23.8 Å². The normalized spacial score (nSPS) is 10.3. The zero-order valence-electron chi connectivity index (χ0n) is 15.3. The fraction of sp³-hybridized carbons (Fsp3) is 0.0455. The highest BCUT2D eigenvalue weighted by Gasteiger charge is 2.23. The van der Waals surface area contributed by atoms with Gasteiger partial charge in [0.2, 0.25) is 5.91 Å². The molecule has 0 radical (unpaired) electrons. The van der Waals surface area contributed by atoms with E-state index in [9.17, 15) is 9.59 Å². The molecule has 0 aromatic heterocycles. The molecule has 0 heterocycles. The summed E-state index contributed by atoms with van der Waals surface area (Å²) in [6, 6.07) is 25.4. The SMILES string of the molecule is O=C(NNC(=S)NC(=O)C(c1ccccc1)c1ccccc1)c1ccccc1Cl. The highest BCUT2D eigenvalue weighted by atomic mass is 35.5. The van der Waals surface area contributed by atoms with Crippen LogP contribution in [0.2, 0.25) is 5.02 Å². The highest BCUT2D eigenvalue weighted by Crippen LogP contribution is 2.24. The first-order chi connectivity index (χ1) is 14.1. The standard InChI is InChI=1S/C22H18ClN3O2S/c23-18-14-8-7-13-17(18)20(27)25-26-22(29)24-21(28)19(15-9-3-1-4-10-15)16-11-5-2-6-12-16/h1-14,19H,(H,25,27)(H2,24,26,28,29). The Hall–Kier alpha value is -3.22. The number of nitrogens with one attached hydrogen (secondary N) is 3. The molecule has 0 saturated carbocycles. The van der Waals surface area contributed by atoms with Crippen molar-refractivity contribution in [2.24, 2.45) is 0 Å². The smallest absolute Gasteiger partial charge is 0.271 e. The molecule has 3 rings (SSSR count). The molecule has 0 bridgehead atoms. The Morgan fingerprint density at radius 2 is 1.28 bits per heavy atom. The van der Waals surface area contributed by atoms with Crippen LogP contribution in [0.3, 0.4) is 0 Å². The molecule has 0 spiro atoms. The maximum Gasteiger partial charge on any atom is 0.271 e. The number of hydrogen-bond donors (Lipinski definition) is 3. The van der Waals surface area contributed by atoms with Crippen molar-refractivity contribution in [1.29, 1.82) is 0 Å². The molecule has 0 unspecified atom stereocenters. The number of thiocarbonyl (C=S) groups is 1. The Kier molecular flexibility index (Phi) is 6.94. The van der Waals surface area contributed by atoms with E-state index in [0.29, 0.717) is 10.6 Å². The fourth-order valence-corrected chi connectivity index (χ4v) is 3.20. The summed E-state index contributed by atoms with van der Waals surface area (Å²) in [4.78, 5) is 25.2. The summed E-state index contributed by atoms with van der Waals surface area (Å²) in [6.45, 7) is 0. The predicted molar refractivity (Wildman–Crippen MR) is 118 cm³/mol. The predicted octanol–water partition coefficient (Wildman–Crippen LogP) is 3.81. The number of hydrogen-bond acceptors (Lipinski definition) is 3. The minimum atomic E-state index is -0.545. The Morgan fingerprint density at radius 1 is 0.759 bits per heavy atom. The second-order valence-corrected chi connectivity index (χ2v) is 6.95. The second-order valence-electron chi connectivity index (χ2n) is 6.13. The van der Waals surface area contributed by atoms with Gasteiger partial charge < -0.3 is 5.32 Å². The Morgan fingerprint density at radius 3 is 1.83 bits per heavy atom. The summed E-state index contributed by atoms with van der Waals surface area (Å²) in [6.07, 6.45) is 0. The Labute approximate surface area is 179 Å². The molecule has 2 amide bonds. The molecule has 0 atom stereocenters. The third-order valence-electron chi connectivity index (χ3n) is 4.17. The molecule has 0 aliphatic carbocycles. The van der Waals surface area contributed by atoms with Gasteiger partial charge in [0, 0.05) is 0 Å². The first kappa shape index (κ1) is 20.5. The first-order valence-electron chi connectivity index (χ1n) is 8.82. The minimum Gasteiger partial charge on any atom is -0.301 e. The van der Waals surface area contributed by atoms with Crippen molar-refractivity contribution >= 4 is 40.7 Å². The molecule has 0 aliphatic rings. The van der Waals surface area contributed by atoms with E-state index in [0.717, 1.165) is 11.1 Å². The van der Waals surface area contributed by atoms with Gasteiger partial charge in [-0.3, -0.25) is 20.4 Å². The molecule has 0 fully saturated rings. The van der Waals surface area contributed by atoms with E-state index in [1.165, 1.54) is 0 Å². The van der Waals surface area contributed by atoms with Crippen LogP contribution in [0, 0.1) is 0 Å². The molecule has 3 N–H and O–H groups in total. The van der Waals surface area contributed by atoms with Gasteiger partial charge >= 0.3 is 0 Å². The maximum atomic E-state index is 13.0. The summed E-state index contributed by atoms with van der Waals surface area (Å²) in [5.74, 6) is -1.32. The van der Waals surface area contributed by atoms with Gasteiger partial charge in [-0.25, -0.2) is 0 Å². The van der Waals surface area contributed by atoms with E-state index >= 15 is 0 Å². The maximum absolute atomic E-state index is 13.0. The van der Waals surface area contributed by atoms with E-state index in [1.54, 1.807) is 24.3 Å². The van der Waals surface area contributed by atoms with E-state index < -0.39 is 11.8 Å². The number of carbonyl (C=O) groups excluding carboxylic acids is 2.